The van der Waals surface area contributed by atoms with Gasteiger partial charge in [0.15, 0.2) is 0 Å². The molecule has 2 aliphatic rings. The van der Waals surface area contributed by atoms with E-state index in [1.165, 1.54) is 10.4 Å². The largest absolute Gasteiger partial charge is 0.379 e. The van der Waals surface area contributed by atoms with Gasteiger partial charge >= 0.3 is 0 Å². The molecule has 1 N–H and O–H groups in total. The van der Waals surface area contributed by atoms with E-state index in [-0.39, 0.29) is 41.7 Å². The van der Waals surface area contributed by atoms with E-state index in [1.54, 1.807) is 5.38 Å². The lowest BCUT2D eigenvalue weighted by Gasteiger charge is -2.36. The molecule has 2 fully saturated rings. The Morgan fingerprint density at radius 2 is 1.67 bits per heavy atom. The first-order valence-corrected chi connectivity index (χ1v) is 13.3. The third kappa shape index (κ3) is 5.55. The first kappa shape index (κ1) is 23.7. The van der Waals surface area contributed by atoms with Gasteiger partial charge in [0.1, 0.15) is 9.77 Å². The van der Waals surface area contributed by atoms with Crippen molar-refractivity contribution in [3.63, 3.8) is 0 Å². The Labute approximate surface area is 198 Å². The minimum Gasteiger partial charge on any atom is -0.379 e. The van der Waals surface area contributed by atoms with Crippen LogP contribution in [0.5, 0.6) is 0 Å². The van der Waals surface area contributed by atoms with Crippen molar-refractivity contribution in [2.75, 3.05) is 63.9 Å². The molecule has 2 saturated heterocycles. The predicted octanol–water partition coefficient (Wildman–Crippen LogP) is 1.24. The zero-order chi connectivity index (χ0) is 23.3. The van der Waals surface area contributed by atoms with Crippen molar-refractivity contribution in [1.29, 1.82) is 0 Å². The third-order valence-corrected chi connectivity index (χ3v) is 8.78. The van der Waals surface area contributed by atoms with Crippen LogP contribution in [0.3, 0.4) is 0 Å². The second-order valence-electron chi connectivity index (χ2n) is 7.84. The molecule has 33 heavy (non-hydrogen) atoms. The highest BCUT2D eigenvalue weighted by atomic mass is 32.2. The molecule has 0 aliphatic carbocycles. The quantitative estimate of drug-likeness (QED) is 0.624. The van der Waals surface area contributed by atoms with E-state index in [4.69, 9.17) is 4.74 Å². The minimum atomic E-state index is -3.76. The summed E-state index contributed by atoms with van der Waals surface area (Å²) in [7, 11) is -3.76. The number of piperazine rings is 1. The van der Waals surface area contributed by atoms with Crippen LogP contribution in [0.15, 0.2) is 46.7 Å². The van der Waals surface area contributed by atoms with Crippen LogP contribution in [-0.4, -0.2) is 88.5 Å². The molecule has 0 radical (unpaired) electrons. The van der Waals surface area contributed by atoms with E-state index in [2.05, 4.69) is 22.3 Å². The lowest BCUT2D eigenvalue weighted by atomic mass is 10.2. The number of hydrogen-bond acceptors (Lipinski definition) is 7. The Morgan fingerprint density at radius 3 is 2.36 bits per heavy atom. The standard InChI is InChI=1S/C22H28N4O5S2/c27-20(25-11-9-24(10-12-25)18-4-2-1-3-5-18)6-8-23-22(28)21-19(7-17-32-21)33(29,30)26-13-15-31-16-14-26/h1-5,7,17H,6,8-16H2,(H,23,28). The zero-order valence-electron chi connectivity index (χ0n) is 18.3. The van der Waals surface area contributed by atoms with Gasteiger partial charge in [-0.3, -0.25) is 9.59 Å². The number of rotatable bonds is 7. The number of benzene rings is 1. The Balaban J connectivity index is 1.26. The maximum atomic E-state index is 12.9. The average Bonchev–Trinajstić information content (AvgIpc) is 3.36. The van der Waals surface area contributed by atoms with Crippen molar-refractivity contribution in [3.8, 4) is 0 Å². The Hall–Kier alpha value is -2.47. The zero-order valence-corrected chi connectivity index (χ0v) is 19.9. The van der Waals surface area contributed by atoms with Gasteiger partial charge < -0.3 is 19.9 Å². The van der Waals surface area contributed by atoms with Crippen LogP contribution in [0, 0.1) is 0 Å². The summed E-state index contributed by atoms with van der Waals surface area (Å²) in [6.07, 6.45) is 0.175. The van der Waals surface area contributed by atoms with E-state index in [9.17, 15) is 18.0 Å². The smallest absolute Gasteiger partial charge is 0.262 e. The number of carbonyl (C=O) groups is 2. The van der Waals surface area contributed by atoms with Gasteiger partial charge in [-0.2, -0.15) is 4.31 Å². The van der Waals surface area contributed by atoms with Gasteiger partial charge in [0.25, 0.3) is 5.91 Å². The molecular formula is C22H28N4O5S2. The lowest BCUT2D eigenvalue weighted by molar-refractivity contribution is -0.131. The average molecular weight is 493 g/mol. The number of carbonyl (C=O) groups excluding carboxylic acids is 2. The molecule has 1 aromatic heterocycles. The summed E-state index contributed by atoms with van der Waals surface area (Å²) in [5.74, 6) is -0.492. The van der Waals surface area contributed by atoms with Gasteiger partial charge in [-0.25, -0.2) is 8.42 Å². The summed E-state index contributed by atoms with van der Waals surface area (Å²) < 4.78 is 32.4. The summed E-state index contributed by atoms with van der Waals surface area (Å²) in [5, 5.41) is 4.31. The molecule has 178 valence electrons. The molecule has 0 bridgehead atoms. The van der Waals surface area contributed by atoms with Crippen LogP contribution < -0.4 is 10.2 Å². The molecule has 4 rings (SSSR count). The number of hydrogen-bond donors (Lipinski definition) is 1. The molecule has 0 saturated carbocycles. The van der Waals surface area contributed by atoms with Gasteiger partial charge in [-0.1, -0.05) is 18.2 Å². The summed E-state index contributed by atoms with van der Waals surface area (Å²) in [5.41, 5.74) is 1.15. The van der Waals surface area contributed by atoms with Crippen molar-refractivity contribution < 1.29 is 22.7 Å². The molecule has 2 aromatic rings. The summed E-state index contributed by atoms with van der Waals surface area (Å²) >= 11 is 1.08. The highest BCUT2D eigenvalue weighted by molar-refractivity contribution is 7.89. The van der Waals surface area contributed by atoms with Crippen molar-refractivity contribution in [1.82, 2.24) is 14.5 Å². The van der Waals surface area contributed by atoms with E-state index >= 15 is 0 Å². The highest BCUT2D eigenvalue weighted by Crippen LogP contribution is 2.26. The molecule has 11 heteroatoms. The fraction of sp³-hybridized carbons (Fsp3) is 0.455. The number of ether oxygens (including phenoxy) is 1. The third-order valence-electron chi connectivity index (χ3n) is 5.80. The van der Waals surface area contributed by atoms with Crippen molar-refractivity contribution >= 4 is 38.9 Å². The van der Waals surface area contributed by atoms with Gasteiger partial charge in [-0.15, -0.1) is 11.3 Å². The van der Waals surface area contributed by atoms with E-state index in [1.807, 2.05) is 23.1 Å². The molecular weight excluding hydrogens is 464 g/mol. The minimum absolute atomic E-state index is 0.00950. The molecule has 0 spiro atoms. The lowest BCUT2D eigenvalue weighted by Crippen LogP contribution is -2.49. The molecule has 0 atom stereocenters. The second kappa shape index (κ2) is 10.6. The summed E-state index contributed by atoms with van der Waals surface area (Å²) in [6.45, 7) is 4.17. The molecule has 1 aromatic carbocycles. The number of nitrogens with zero attached hydrogens (tertiary/aromatic N) is 3. The normalized spacial score (nSPS) is 17.7. The fourth-order valence-electron chi connectivity index (χ4n) is 3.97. The number of thiophene rings is 1. The molecule has 2 amide bonds. The topological polar surface area (TPSA) is 99.3 Å². The predicted molar refractivity (Wildman–Crippen MR) is 126 cm³/mol. The second-order valence-corrected chi connectivity index (χ2v) is 10.7. The first-order valence-electron chi connectivity index (χ1n) is 11.0. The first-order chi connectivity index (χ1) is 16.0. The van der Waals surface area contributed by atoms with Crippen molar-refractivity contribution in [2.24, 2.45) is 0 Å². The maximum Gasteiger partial charge on any atom is 0.262 e. The number of morpholine rings is 1. The van der Waals surface area contributed by atoms with Gasteiger partial charge in [0.05, 0.1) is 13.2 Å². The number of para-hydroxylation sites is 1. The van der Waals surface area contributed by atoms with Crippen molar-refractivity contribution in [3.05, 3.63) is 46.7 Å². The number of nitrogens with one attached hydrogen (secondary N) is 1. The van der Waals surface area contributed by atoms with E-state index < -0.39 is 15.9 Å². The van der Waals surface area contributed by atoms with Crippen LogP contribution in [0.1, 0.15) is 16.1 Å². The molecule has 9 nitrogen and oxygen atoms in total. The maximum absolute atomic E-state index is 12.9. The van der Waals surface area contributed by atoms with E-state index in [0.29, 0.717) is 26.3 Å². The number of sulfonamides is 1. The summed E-state index contributed by atoms with van der Waals surface area (Å²) in [6, 6.07) is 11.6. The Kier molecular flexibility index (Phi) is 7.63. The van der Waals surface area contributed by atoms with Crippen LogP contribution in [-0.2, 0) is 19.6 Å². The molecule has 2 aliphatic heterocycles. The van der Waals surface area contributed by atoms with Crippen molar-refractivity contribution in [2.45, 2.75) is 11.3 Å². The van der Waals surface area contributed by atoms with Crippen LogP contribution in [0.25, 0.3) is 0 Å². The molecule has 0 unspecified atom stereocenters. The van der Waals surface area contributed by atoms with Crippen LogP contribution >= 0.6 is 11.3 Å². The SMILES string of the molecule is O=C(NCCC(=O)N1CCN(c2ccccc2)CC1)c1sccc1S(=O)(=O)N1CCOCC1. The fourth-order valence-corrected chi connectivity index (χ4v) is 6.69. The molecule has 3 heterocycles. The summed E-state index contributed by atoms with van der Waals surface area (Å²) in [4.78, 5) is 29.5. The van der Waals surface area contributed by atoms with Crippen LogP contribution in [0.4, 0.5) is 5.69 Å². The van der Waals surface area contributed by atoms with Crippen LogP contribution in [0.2, 0.25) is 0 Å². The monoisotopic (exact) mass is 492 g/mol. The Morgan fingerprint density at radius 1 is 0.970 bits per heavy atom. The van der Waals surface area contributed by atoms with Gasteiger partial charge in [0.2, 0.25) is 15.9 Å². The highest BCUT2D eigenvalue weighted by Gasteiger charge is 2.31. The number of anilines is 1. The van der Waals surface area contributed by atoms with E-state index in [0.717, 1.165) is 30.1 Å². The Bertz CT molecular complexity index is 1060. The van der Waals surface area contributed by atoms with Gasteiger partial charge in [0, 0.05) is 57.9 Å². The van der Waals surface area contributed by atoms with Gasteiger partial charge in [-0.05, 0) is 23.6 Å². The number of amides is 2.